The van der Waals surface area contributed by atoms with Gasteiger partial charge in [0, 0.05) is 38.1 Å². The second-order valence-electron chi connectivity index (χ2n) is 7.18. The largest absolute Gasteiger partial charge is 0.573 e. The van der Waals surface area contributed by atoms with Crippen LogP contribution in [0.15, 0.2) is 48.5 Å². The molecule has 0 saturated carbocycles. The summed E-state index contributed by atoms with van der Waals surface area (Å²) in [7, 11) is 0. The van der Waals surface area contributed by atoms with E-state index in [-0.39, 0.29) is 5.75 Å². The van der Waals surface area contributed by atoms with Crippen LogP contribution in [0, 0.1) is 0 Å². The molecule has 0 N–H and O–H groups in total. The second-order valence-corrected chi connectivity index (χ2v) is 7.18. The van der Waals surface area contributed by atoms with Gasteiger partial charge in [-0.1, -0.05) is 24.3 Å². The minimum atomic E-state index is -4.72. The number of aromatic nitrogens is 2. The molecule has 2 aromatic carbocycles. The number of ether oxygens (including phenoxy) is 1. The maximum atomic E-state index is 13.2. The third-order valence-corrected chi connectivity index (χ3v) is 5.03. The summed E-state index contributed by atoms with van der Waals surface area (Å²) >= 11 is 0. The van der Waals surface area contributed by atoms with Crippen molar-refractivity contribution in [3.63, 3.8) is 0 Å². The van der Waals surface area contributed by atoms with Gasteiger partial charge in [-0.15, -0.1) is 13.2 Å². The van der Waals surface area contributed by atoms with Gasteiger partial charge in [0.2, 0.25) is 0 Å². The molecular formula is C21H19F5N4O. The summed E-state index contributed by atoms with van der Waals surface area (Å²) in [6.07, 6.45) is -7.47. The lowest BCUT2D eigenvalue weighted by atomic mass is 10.1. The molecule has 3 aromatic rings. The van der Waals surface area contributed by atoms with Gasteiger partial charge in [0.15, 0.2) is 5.82 Å². The minimum Gasteiger partial charge on any atom is -0.406 e. The van der Waals surface area contributed by atoms with E-state index < -0.39 is 18.6 Å². The highest BCUT2D eigenvalue weighted by Gasteiger charge is 2.31. The number of rotatable bonds is 5. The van der Waals surface area contributed by atoms with Crippen LogP contribution in [-0.4, -0.2) is 47.4 Å². The van der Waals surface area contributed by atoms with Crippen molar-refractivity contribution in [2.24, 2.45) is 0 Å². The van der Waals surface area contributed by atoms with Crippen molar-refractivity contribution in [3.8, 4) is 5.75 Å². The molecule has 10 heteroatoms. The third kappa shape index (κ3) is 5.19. The molecule has 5 nitrogen and oxygen atoms in total. The number of para-hydroxylation sites is 1. The molecule has 1 aliphatic heterocycles. The molecule has 2 heterocycles. The number of alkyl halides is 5. The van der Waals surface area contributed by atoms with Gasteiger partial charge < -0.3 is 9.64 Å². The van der Waals surface area contributed by atoms with E-state index in [1.165, 1.54) is 12.1 Å². The molecule has 0 unspecified atom stereocenters. The van der Waals surface area contributed by atoms with Crippen LogP contribution in [-0.2, 0) is 6.54 Å². The molecule has 1 saturated heterocycles. The number of benzene rings is 2. The first-order valence-electron chi connectivity index (χ1n) is 9.65. The van der Waals surface area contributed by atoms with Crippen LogP contribution in [0.1, 0.15) is 17.8 Å². The van der Waals surface area contributed by atoms with Crippen molar-refractivity contribution >= 4 is 16.7 Å². The Balaban J connectivity index is 1.42. The first kappa shape index (κ1) is 21.2. The Hall–Kier alpha value is -3.01. The molecule has 31 heavy (non-hydrogen) atoms. The molecule has 1 aromatic heterocycles. The average molecular weight is 438 g/mol. The van der Waals surface area contributed by atoms with Crippen LogP contribution in [0.3, 0.4) is 0 Å². The zero-order valence-corrected chi connectivity index (χ0v) is 16.3. The molecular weight excluding hydrogens is 419 g/mol. The lowest BCUT2D eigenvalue weighted by Gasteiger charge is -2.36. The highest BCUT2D eigenvalue weighted by atomic mass is 19.4. The minimum absolute atomic E-state index is 0.258. The second kappa shape index (κ2) is 8.62. The van der Waals surface area contributed by atoms with Crippen molar-refractivity contribution in [1.82, 2.24) is 14.9 Å². The van der Waals surface area contributed by atoms with E-state index >= 15 is 0 Å². The summed E-state index contributed by atoms with van der Waals surface area (Å²) < 4.78 is 67.2. The Morgan fingerprint density at radius 1 is 0.903 bits per heavy atom. The summed E-state index contributed by atoms with van der Waals surface area (Å²) in [5, 5.41) is 0.723. The van der Waals surface area contributed by atoms with Crippen LogP contribution in [0.25, 0.3) is 10.9 Å². The maximum absolute atomic E-state index is 13.2. The van der Waals surface area contributed by atoms with E-state index in [0.29, 0.717) is 44.1 Å². The Morgan fingerprint density at radius 3 is 2.23 bits per heavy atom. The predicted octanol–water partition coefficient (Wildman–Crippen LogP) is 4.79. The zero-order valence-electron chi connectivity index (χ0n) is 16.3. The number of fused-ring (bicyclic) bond motifs is 1. The first-order chi connectivity index (χ1) is 14.8. The number of hydrogen-bond acceptors (Lipinski definition) is 5. The lowest BCUT2D eigenvalue weighted by molar-refractivity contribution is -0.274. The Kier molecular flexibility index (Phi) is 5.90. The van der Waals surface area contributed by atoms with E-state index in [0.717, 1.165) is 10.9 Å². The molecule has 164 valence electrons. The quantitative estimate of drug-likeness (QED) is 0.536. The first-order valence-corrected chi connectivity index (χ1v) is 9.65. The maximum Gasteiger partial charge on any atom is 0.573 e. The number of anilines is 1. The van der Waals surface area contributed by atoms with Gasteiger partial charge in [-0.25, -0.2) is 18.7 Å². The molecule has 1 fully saturated rings. The fourth-order valence-corrected chi connectivity index (χ4v) is 3.59. The highest BCUT2D eigenvalue weighted by Crippen LogP contribution is 2.28. The van der Waals surface area contributed by atoms with Crippen LogP contribution in [0.4, 0.5) is 27.8 Å². The van der Waals surface area contributed by atoms with Crippen LogP contribution in [0.2, 0.25) is 0 Å². The molecule has 0 bridgehead atoms. The van der Waals surface area contributed by atoms with Crippen LogP contribution < -0.4 is 9.64 Å². The van der Waals surface area contributed by atoms with Gasteiger partial charge in [-0.3, -0.25) is 4.90 Å². The Morgan fingerprint density at radius 2 is 1.58 bits per heavy atom. The summed E-state index contributed by atoms with van der Waals surface area (Å²) in [5.74, 6) is -0.252. The predicted molar refractivity (Wildman–Crippen MR) is 105 cm³/mol. The summed E-state index contributed by atoms with van der Waals surface area (Å²) in [6, 6.07) is 12.8. The van der Waals surface area contributed by atoms with E-state index in [1.54, 1.807) is 24.3 Å². The van der Waals surface area contributed by atoms with Gasteiger partial charge in [0.05, 0.1) is 5.52 Å². The van der Waals surface area contributed by atoms with Crippen LogP contribution >= 0.6 is 0 Å². The van der Waals surface area contributed by atoms with E-state index in [2.05, 4.69) is 19.6 Å². The number of piperazine rings is 1. The van der Waals surface area contributed by atoms with Crippen molar-refractivity contribution in [1.29, 1.82) is 0 Å². The number of nitrogens with zero attached hydrogens (tertiary/aromatic N) is 4. The van der Waals surface area contributed by atoms with Crippen molar-refractivity contribution in [2.45, 2.75) is 19.3 Å². The Bertz CT molecular complexity index is 1030. The highest BCUT2D eigenvalue weighted by molar-refractivity contribution is 5.89. The monoisotopic (exact) mass is 438 g/mol. The fourth-order valence-electron chi connectivity index (χ4n) is 3.59. The number of halogens is 5. The standard InChI is InChI=1S/C21H19F5N4O/c22-18(23)19-27-17-4-2-1-3-16(17)20(28-19)30-11-9-29(10-12-30)13-14-5-7-15(8-6-14)31-21(24,25)26/h1-8,18H,9-13H2. The van der Waals surface area contributed by atoms with Crippen LogP contribution in [0.5, 0.6) is 5.75 Å². The van der Waals surface area contributed by atoms with Gasteiger partial charge in [-0.2, -0.15) is 0 Å². The fraction of sp³-hybridized carbons (Fsp3) is 0.333. The van der Waals surface area contributed by atoms with E-state index in [9.17, 15) is 22.0 Å². The molecule has 0 spiro atoms. The molecule has 0 aliphatic carbocycles. The van der Waals surface area contributed by atoms with Gasteiger partial charge in [0.25, 0.3) is 6.43 Å². The molecule has 0 radical (unpaired) electrons. The topological polar surface area (TPSA) is 41.5 Å². The SMILES string of the molecule is FC(F)c1nc(N2CCN(Cc3ccc(OC(F)(F)F)cc3)CC2)c2ccccc2n1. The average Bonchev–Trinajstić information content (AvgIpc) is 2.74. The molecule has 0 amide bonds. The zero-order chi connectivity index (χ0) is 22.0. The van der Waals surface area contributed by atoms with Gasteiger partial charge in [0.1, 0.15) is 11.6 Å². The third-order valence-electron chi connectivity index (χ3n) is 5.03. The molecule has 0 atom stereocenters. The summed E-state index contributed by atoms with van der Waals surface area (Å²) in [5.41, 5.74) is 1.34. The molecule has 4 rings (SSSR count). The van der Waals surface area contributed by atoms with Crippen molar-refractivity contribution in [3.05, 3.63) is 59.9 Å². The van der Waals surface area contributed by atoms with E-state index in [4.69, 9.17) is 0 Å². The number of hydrogen-bond donors (Lipinski definition) is 0. The summed E-state index contributed by atoms with van der Waals surface area (Å²) in [6.45, 7) is 3.04. The Labute approximate surface area is 175 Å². The smallest absolute Gasteiger partial charge is 0.406 e. The lowest BCUT2D eigenvalue weighted by Crippen LogP contribution is -2.46. The molecule has 1 aliphatic rings. The van der Waals surface area contributed by atoms with Crippen molar-refractivity contribution < 1.29 is 26.7 Å². The normalized spacial score (nSPS) is 15.6. The summed E-state index contributed by atoms with van der Waals surface area (Å²) in [4.78, 5) is 12.2. The van der Waals surface area contributed by atoms with E-state index in [1.807, 2.05) is 17.0 Å². The van der Waals surface area contributed by atoms with Gasteiger partial charge >= 0.3 is 6.36 Å². The van der Waals surface area contributed by atoms with Gasteiger partial charge in [-0.05, 0) is 29.8 Å². The van der Waals surface area contributed by atoms with Crippen molar-refractivity contribution in [2.75, 3.05) is 31.1 Å².